The number of aromatic hydroxyl groups is 1. The lowest BCUT2D eigenvalue weighted by atomic mass is 10.1. The van der Waals surface area contributed by atoms with Crippen molar-refractivity contribution in [3.05, 3.63) is 23.3 Å². The molecule has 1 aliphatic heterocycles. The topological polar surface area (TPSA) is 44.3 Å². The second kappa shape index (κ2) is 4.74. The van der Waals surface area contributed by atoms with Crippen molar-refractivity contribution in [2.45, 2.75) is 32.7 Å². The summed E-state index contributed by atoms with van der Waals surface area (Å²) in [7, 11) is 0. The lowest BCUT2D eigenvalue weighted by molar-refractivity contribution is 0.467. The number of benzene rings is 1. The molecular weight excluding hydrogens is 200 g/mol. The first kappa shape index (κ1) is 11.3. The minimum Gasteiger partial charge on any atom is -0.507 e. The summed E-state index contributed by atoms with van der Waals surface area (Å²) in [5.41, 5.74) is 2.91. The third-order valence-electron chi connectivity index (χ3n) is 3.33. The minimum atomic E-state index is 0.407. The molecule has 1 saturated heterocycles. The molecule has 0 aromatic heterocycles. The van der Waals surface area contributed by atoms with Crippen LogP contribution < -0.4 is 10.6 Å². The Morgan fingerprint density at radius 1 is 1.44 bits per heavy atom. The van der Waals surface area contributed by atoms with Gasteiger partial charge in [0, 0.05) is 23.8 Å². The van der Waals surface area contributed by atoms with Gasteiger partial charge in [-0.3, -0.25) is 0 Å². The van der Waals surface area contributed by atoms with Crippen molar-refractivity contribution in [2.24, 2.45) is 0 Å². The van der Waals surface area contributed by atoms with Crippen LogP contribution >= 0.6 is 0 Å². The number of hydrogen-bond donors (Lipinski definition) is 3. The zero-order chi connectivity index (χ0) is 11.5. The average molecular weight is 220 g/mol. The van der Waals surface area contributed by atoms with Crippen molar-refractivity contribution >= 4 is 5.69 Å². The molecule has 2 rings (SSSR count). The second-order valence-corrected chi connectivity index (χ2v) is 4.58. The van der Waals surface area contributed by atoms with Gasteiger partial charge in [-0.1, -0.05) is 6.07 Å². The van der Waals surface area contributed by atoms with Gasteiger partial charge < -0.3 is 15.7 Å². The summed E-state index contributed by atoms with van der Waals surface area (Å²) >= 11 is 0. The average Bonchev–Trinajstić information content (AvgIpc) is 2.78. The Morgan fingerprint density at radius 2 is 2.25 bits per heavy atom. The Morgan fingerprint density at radius 3 is 2.94 bits per heavy atom. The van der Waals surface area contributed by atoms with E-state index in [2.05, 4.69) is 10.6 Å². The molecule has 3 heteroatoms. The highest BCUT2D eigenvalue weighted by molar-refractivity contribution is 5.59. The molecule has 0 aliphatic carbocycles. The highest BCUT2D eigenvalue weighted by Crippen LogP contribution is 2.28. The monoisotopic (exact) mass is 220 g/mol. The molecule has 1 aliphatic rings. The zero-order valence-electron chi connectivity index (χ0n) is 10.0. The van der Waals surface area contributed by atoms with E-state index in [1.54, 1.807) is 0 Å². The maximum atomic E-state index is 9.82. The third-order valence-corrected chi connectivity index (χ3v) is 3.33. The third kappa shape index (κ3) is 2.30. The molecule has 88 valence electrons. The normalized spacial score (nSPS) is 20.0. The van der Waals surface area contributed by atoms with Crippen molar-refractivity contribution in [3.63, 3.8) is 0 Å². The van der Waals surface area contributed by atoms with Crippen LogP contribution in [0.15, 0.2) is 12.1 Å². The second-order valence-electron chi connectivity index (χ2n) is 4.58. The Balaban J connectivity index is 2.01. The Bertz CT molecular complexity index is 370. The van der Waals surface area contributed by atoms with Gasteiger partial charge in [-0.15, -0.1) is 0 Å². The number of phenols is 1. The molecule has 0 saturated carbocycles. The van der Waals surface area contributed by atoms with E-state index in [-0.39, 0.29) is 0 Å². The Kier molecular flexibility index (Phi) is 3.34. The predicted molar refractivity (Wildman–Crippen MR) is 67.1 cm³/mol. The van der Waals surface area contributed by atoms with Crippen molar-refractivity contribution < 1.29 is 5.11 Å². The molecule has 16 heavy (non-hydrogen) atoms. The number of nitrogens with one attached hydrogen (secondary N) is 2. The van der Waals surface area contributed by atoms with E-state index < -0.39 is 0 Å². The number of rotatable bonds is 3. The van der Waals surface area contributed by atoms with Gasteiger partial charge in [0.15, 0.2) is 0 Å². The van der Waals surface area contributed by atoms with Crippen LogP contribution in [0.3, 0.4) is 0 Å². The van der Waals surface area contributed by atoms with E-state index in [1.807, 2.05) is 26.0 Å². The van der Waals surface area contributed by atoms with Crippen molar-refractivity contribution in [2.75, 3.05) is 18.4 Å². The molecule has 1 atom stereocenters. The maximum absolute atomic E-state index is 9.82. The summed E-state index contributed by atoms with van der Waals surface area (Å²) < 4.78 is 0. The zero-order valence-corrected chi connectivity index (χ0v) is 10.0. The summed E-state index contributed by atoms with van der Waals surface area (Å²) in [5, 5.41) is 16.7. The fraction of sp³-hybridized carbons (Fsp3) is 0.538. The van der Waals surface area contributed by atoms with E-state index in [9.17, 15) is 5.11 Å². The van der Waals surface area contributed by atoms with Crippen LogP contribution in [-0.2, 0) is 0 Å². The molecule has 1 aromatic carbocycles. The highest BCUT2D eigenvalue weighted by atomic mass is 16.3. The van der Waals surface area contributed by atoms with Crippen LogP contribution in [0, 0.1) is 13.8 Å². The standard InChI is InChI=1S/C13H20N2O/c1-9-5-6-12(10(2)13(9)16)15-8-11-4-3-7-14-11/h5-6,11,14-16H,3-4,7-8H2,1-2H3. The van der Waals surface area contributed by atoms with E-state index in [0.29, 0.717) is 11.8 Å². The van der Waals surface area contributed by atoms with E-state index >= 15 is 0 Å². The van der Waals surface area contributed by atoms with Crippen LogP contribution in [-0.4, -0.2) is 24.2 Å². The Hall–Kier alpha value is -1.22. The molecule has 1 fully saturated rings. The van der Waals surface area contributed by atoms with E-state index in [1.165, 1.54) is 12.8 Å². The van der Waals surface area contributed by atoms with Gasteiger partial charge in [-0.05, 0) is 44.9 Å². The smallest absolute Gasteiger partial charge is 0.123 e. The molecule has 0 amide bonds. The largest absolute Gasteiger partial charge is 0.507 e. The van der Waals surface area contributed by atoms with Gasteiger partial charge in [0.2, 0.25) is 0 Å². The first-order chi connectivity index (χ1) is 7.68. The number of aryl methyl sites for hydroxylation is 1. The van der Waals surface area contributed by atoms with Gasteiger partial charge in [0.1, 0.15) is 5.75 Å². The van der Waals surface area contributed by atoms with E-state index in [4.69, 9.17) is 0 Å². The van der Waals surface area contributed by atoms with Crippen LogP contribution in [0.4, 0.5) is 5.69 Å². The molecular formula is C13H20N2O. The quantitative estimate of drug-likeness (QED) is 0.731. The van der Waals surface area contributed by atoms with Crippen LogP contribution in [0.1, 0.15) is 24.0 Å². The first-order valence-corrected chi connectivity index (χ1v) is 5.95. The summed E-state index contributed by atoms with van der Waals surface area (Å²) in [4.78, 5) is 0. The lowest BCUT2D eigenvalue weighted by Gasteiger charge is -2.15. The fourth-order valence-electron chi connectivity index (χ4n) is 2.19. The molecule has 0 bridgehead atoms. The molecule has 3 N–H and O–H groups in total. The molecule has 1 heterocycles. The predicted octanol–water partition coefficient (Wildman–Crippen LogP) is 2.17. The van der Waals surface area contributed by atoms with Gasteiger partial charge in [-0.25, -0.2) is 0 Å². The van der Waals surface area contributed by atoms with Crippen LogP contribution in [0.25, 0.3) is 0 Å². The molecule has 0 spiro atoms. The highest BCUT2D eigenvalue weighted by Gasteiger charge is 2.14. The summed E-state index contributed by atoms with van der Waals surface area (Å²) in [6, 6.07) is 4.56. The van der Waals surface area contributed by atoms with Crippen molar-refractivity contribution in [3.8, 4) is 5.75 Å². The summed E-state index contributed by atoms with van der Waals surface area (Å²) in [6.45, 7) is 5.94. The fourth-order valence-corrected chi connectivity index (χ4v) is 2.19. The maximum Gasteiger partial charge on any atom is 0.123 e. The molecule has 1 unspecified atom stereocenters. The molecule has 1 aromatic rings. The minimum absolute atomic E-state index is 0.407. The molecule has 0 radical (unpaired) electrons. The number of anilines is 1. The van der Waals surface area contributed by atoms with Crippen LogP contribution in [0.5, 0.6) is 5.75 Å². The number of phenolic OH excluding ortho intramolecular Hbond substituents is 1. The molecule has 3 nitrogen and oxygen atoms in total. The Labute approximate surface area is 96.9 Å². The van der Waals surface area contributed by atoms with Gasteiger partial charge in [0.25, 0.3) is 0 Å². The van der Waals surface area contributed by atoms with Crippen molar-refractivity contribution in [1.82, 2.24) is 5.32 Å². The van der Waals surface area contributed by atoms with Gasteiger partial charge in [-0.2, -0.15) is 0 Å². The van der Waals surface area contributed by atoms with Gasteiger partial charge >= 0.3 is 0 Å². The summed E-state index contributed by atoms with van der Waals surface area (Å²) in [5.74, 6) is 0.407. The SMILES string of the molecule is Cc1ccc(NCC2CCCN2)c(C)c1O. The van der Waals surface area contributed by atoms with E-state index in [0.717, 1.165) is 29.9 Å². The van der Waals surface area contributed by atoms with Crippen molar-refractivity contribution in [1.29, 1.82) is 0 Å². The first-order valence-electron chi connectivity index (χ1n) is 5.95. The van der Waals surface area contributed by atoms with Gasteiger partial charge in [0.05, 0.1) is 0 Å². The number of hydrogen-bond acceptors (Lipinski definition) is 3. The van der Waals surface area contributed by atoms with Crippen LogP contribution in [0.2, 0.25) is 0 Å². The lowest BCUT2D eigenvalue weighted by Crippen LogP contribution is -2.29. The summed E-state index contributed by atoms with van der Waals surface area (Å²) in [6.07, 6.45) is 2.51.